The first-order chi connectivity index (χ1) is 16.6. The molecule has 1 aromatic rings. The minimum absolute atomic E-state index is 0.214. The van der Waals surface area contributed by atoms with Crippen LogP contribution >= 0.6 is 11.3 Å². The Labute approximate surface area is 213 Å². The summed E-state index contributed by atoms with van der Waals surface area (Å²) in [5, 5.41) is 1.22. The molecule has 1 fully saturated rings. The zero-order valence-electron chi connectivity index (χ0n) is 22.3. The zero-order chi connectivity index (χ0) is 25.3. The molecular formula is C28H39N4O2S+. The second kappa shape index (κ2) is 10.1. The number of hydrogen-bond acceptors (Lipinski definition) is 5. The van der Waals surface area contributed by atoms with Gasteiger partial charge in [0.2, 0.25) is 5.36 Å². The van der Waals surface area contributed by atoms with Crippen LogP contribution in [-0.4, -0.2) is 61.9 Å². The van der Waals surface area contributed by atoms with Crippen LogP contribution in [-0.2, 0) is 17.6 Å². The first kappa shape index (κ1) is 25.4. The van der Waals surface area contributed by atoms with Crippen LogP contribution in [0.1, 0.15) is 52.2 Å². The molecule has 2 heterocycles. The monoisotopic (exact) mass is 495 g/mol. The summed E-state index contributed by atoms with van der Waals surface area (Å²) in [6.45, 7) is 13.3. The molecule has 0 spiro atoms. The predicted octanol–water partition coefficient (Wildman–Crippen LogP) is 5.00. The van der Waals surface area contributed by atoms with E-state index < -0.39 is 5.60 Å². The number of rotatable bonds is 3. The lowest BCUT2D eigenvalue weighted by molar-refractivity contribution is 0.0263. The normalized spacial score (nSPS) is 14.9. The molecule has 0 N–H and O–H groups in total. The predicted molar refractivity (Wildman–Crippen MR) is 147 cm³/mol. The van der Waals surface area contributed by atoms with Crippen molar-refractivity contribution in [3.8, 4) is 10.6 Å². The van der Waals surface area contributed by atoms with Crippen molar-refractivity contribution in [2.45, 2.75) is 59.5 Å². The largest absolute Gasteiger partial charge is 0.444 e. The lowest BCUT2D eigenvalue weighted by Gasteiger charge is -2.27. The second-order valence-corrected chi connectivity index (χ2v) is 11.6. The smallest absolute Gasteiger partial charge is 0.410 e. The number of aromatic nitrogens is 1. The van der Waals surface area contributed by atoms with E-state index in [-0.39, 0.29) is 6.09 Å². The molecule has 4 rings (SSSR count). The molecular weight excluding hydrogens is 456 g/mol. The number of carbonyl (C=O) groups excluding carboxylic acids is 1. The minimum Gasteiger partial charge on any atom is -0.444 e. The Morgan fingerprint density at radius 3 is 2.43 bits per heavy atom. The minimum atomic E-state index is -0.474. The van der Waals surface area contributed by atoms with Gasteiger partial charge >= 0.3 is 6.09 Å². The molecule has 1 amide bonds. The van der Waals surface area contributed by atoms with Gasteiger partial charge in [-0.15, -0.1) is 11.3 Å². The van der Waals surface area contributed by atoms with Crippen molar-refractivity contribution in [2.75, 3.05) is 45.2 Å². The van der Waals surface area contributed by atoms with Crippen molar-refractivity contribution in [3.05, 3.63) is 40.7 Å². The van der Waals surface area contributed by atoms with Crippen LogP contribution in [0.25, 0.3) is 20.8 Å². The van der Waals surface area contributed by atoms with E-state index in [1.165, 1.54) is 31.7 Å². The molecule has 6 nitrogen and oxygen atoms in total. The molecule has 0 bridgehead atoms. The number of ether oxygens (including phenoxy) is 1. The number of amides is 1. The van der Waals surface area contributed by atoms with Gasteiger partial charge in [-0.3, -0.25) is 0 Å². The average molecular weight is 496 g/mol. The Morgan fingerprint density at radius 1 is 1.03 bits per heavy atom. The average Bonchev–Trinajstić information content (AvgIpc) is 3.06. The van der Waals surface area contributed by atoms with Crippen molar-refractivity contribution < 1.29 is 9.53 Å². The maximum absolute atomic E-state index is 12.6. The van der Waals surface area contributed by atoms with Gasteiger partial charge in [0.1, 0.15) is 19.7 Å². The third-order valence-electron chi connectivity index (χ3n) is 6.51. The summed E-state index contributed by atoms with van der Waals surface area (Å²) >= 11 is 1.84. The van der Waals surface area contributed by atoms with Crippen LogP contribution < -0.4 is 14.8 Å². The lowest BCUT2D eigenvalue weighted by Crippen LogP contribution is -2.39. The fourth-order valence-electron chi connectivity index (χ4n) is 4.60. The van der Waals surface area contributed by atoms with Gasteiger partial charge in [0.05, 0.1) is 20.8 Å². The molecule has 1 aromatic carbocycles. The molecule has 0 radical (unpaired) electrons. The highest BCUT2D eigenvalue weighted by Crippen LogP contribution is 2.36. The van der Waals surface area contributed by atoms with Gasteiger partial charge in [-0.2, -0.15) is 0 Å². The van der Waals surface area contributed by atoms with Gasteiger partial charge in [-0.05, 0) is 63.3 Å². The molecule has 0 saturated carbocycles. The van der Waals surface area contributed by atoms with E-state index in [0.29, 0.717) is 6.54 Å². The Hall–Kier alpha value is -2.67. The van der Waals surface area contributed by atoms with Crippen molar-refractivity contribution >= 4 is 33.3 Å². The maximum Gasteiger partial charge on any atom is 0.410 e. The molecule has 7 heteroatoms. The molecule has 0 atom stereocenters. The van der Waals surface area contributed by atoms with E-state index in [1.807, 2.05) is 37.0 Å². The van der Waals surface area contributed by atoms with E-state index in [0.717, 1.165) is 50.1 Å². The Morgan fingerprint density at radius 2 is 1.77 bits per heavy atom. The standard InChI is InChI=1S/C28H39N4O2S/c1-8-19-15-21(30(6)7)17-23-25(19)29-26-20(9-2)16-22(18-24(26)35-23)31-11-10-12-32(14-13-31)27(33)34-28(3,4)5/h15-18H,8-14H2,1-7H3/q+1. The maximum atomic E-state index is 12.6. The van der Waals surface area contributed by atoms with E-state index >= 15 is 0 Å². The third kappa shape index (κ3) is 5.61. The number of fused-ring (bicyclic) bond motifs is 2. The van der Waals surface area contributed by atoms with Gasteiger partial charge < -0.3 is 14.5 Å². The molecule has 1 saturated heterocycles. The number of hydrogen-bond donors (Lipinski definition) is 0. The Bertz CT molecular complexity index is 1270. The van der Waals surface area contributed by atoms with Crippen LogP contribution in [0.5, 0.6) is 0 Å². The fourth-order valence-corrected chi connectivity index (χ4v) is 5.75. The van der Waals surface area contributed by atoms with Gasteiger partial charge in [0, 0.05) is 44.0 Å². The van der Waals surface area contributed by atoms with Gasteiger partial charge in [0.15, 0.2) is 0 Å². The quantitative estimate of drug-likeness (QED) is 0.379. The highest BCUT2D eigenvalue weighted by Gasteiger charge is 2.25. The molecule has 35 heavy (non-hydrogen) atoms. The summed E-state index contributed by atoms with van der Waals surface area (Å²) < 4.78 is 9.00. The number of aryl methyl sites for hydroxylation is 2. The topological polar surface area (TPSA) is 48.7 Å². The SMILES string of the molecule is CCc1cc(=[N+](C)C)cc2sc3cc(N4CCCN(C(=O)OC(C)(C)C)CC4)cc(CC)c3nc1-2. The van der Waals surface area contributed by atoms with E-state index in [4.69, 9.17) is 9.72 Å². The number of nitrogens with zero attached hydrogens (tertiary/aromatic N) is 4. The summed E-state index contributed by atoms with van der Waals surface area (Å²) in [6.07, 6.45) is 2.60. The van der Waals surface area contributed by atoms with Crippen molar-refractivity contribution in [3.63, 3.8) is 0 Å². The molecule has 0 aromatic heterocycles. The van der Waals surface area contributed by atoms with Gasteiger partial charge in [-0.1, -0.05) is 13.8 Å². The second-order valence-electron chi connectivity index (χ2n) is 10.5. The molecule has 2 aliphatic heterocycles. The number of carbonyl (C=O) groups is 1. The first-order valence-corrected chi connectivity index (χ1v) is 13.5. The van der Waals surface area contributed by atoms with Crippen LogP contribution in [0, 0.1) is 0 Å². The fraction of sp³-hybridized carbons (Fsp3) is 0.536. The Balaban J connectivity index is 1.71. The van der Waals surface area contributed by atoms with Crippen molar-refractivity contribution in [2.24, 2.45) is 0 Å². The van der Waals surface area contributed by atoms with E-state index in [1.54, 1.807) is 0 Å². The van der Waals surface area contributed by atoms with Crippen LogP contribution in [0.4, 0.5) is 10.5 Å². The summed E-state index contributed by atoms with van der Waals surface area (Å²) in [6, 6.07) is 9.12. The van der Waals surface area contributed by atoms with E-state index in [2.05, 4.69) is 61.7 Å². The molecule has 3 aliphatic rings. The van der Waals surface area contributed by atoms with Crippen LogP contribution in [0.2, 0.25) is 0 Å². The number of anilines is 1. The highest BCUT2D eigenvalue weighted by molar-refractivity contribution is 7.21. The summed E-state index contributed by atoms with van der Waals surface area (Å²) in [5.74, 6) is 0. The molecule has 1 aliphatic carbocycles. The third-order valence-corrected chi connectivity index (χ3v) is 7.57. The Kier molecular flexibility index (Phi) is 7.36. The van der Waals surface area contributed by atoms with Crippen molar-refractivity contribution in [1.29, 1.82) is 0 Å². The van der Waals surface area contributed by atoms with Crippen LogP contribution in [0.3, 0.4) is 0 Å². The summed E-state index contributed by atoms with van der Waals surface area (Å²) in [4.78, 5) is 23.3. The number of benzene rings is 2. The van der Waals surface area contributed by atoms with Gasteiger partial charge in [0.25, 0.3) is 0 Å². The lowest BCUT2D eigenvalue weighted by atomic mass is 10.1. The first-order valence-electron chi connectivity index (χ1n) is 12.7. The highest BCUT2D eigenvalue weighted by atomic mass is 32.1. The van der Waals surface area contributed by atoms with E-state index in [9.17, 15) is 4.79 Å². The zero-order valence-corrected chi connectivity index (χ0v) is 23.1. The van der Waals surface area contributed by atoms with Crippen LogP contribution in [0.15, 0.2) is 24.3 Å². The summed E-state index contributed by atoms with van der Waals surface area (Å²) in [7, 11) is 4.18. The summed E-state index contributed by atoms with van der Waals surface area (Å²) in [5.41, 5.74) is 5.57. The molecule has 188 valence electrons. The molecule has 0 unspecified atom stereocenters. The van der Waals surface area contributed by atoms with Gasteiger partial charge in [-0.25, -0.2) is 14.4 Å². The van der Waals surface area contributed by atoms with Crippen molar-refractivity contribution in [1.82, 2.24) is 14.5 Å².